The summed E-state index contributed by atoms with van der Waals surface area (Å²) in [5.74, 6) is -1.10. The maximum Gasteiger partial charge on any atom is 0.196 e. The molecule has 0 bridgehead atoms. The van der Waals surface area contributed by atoms with Crippen molar-refractivity contribution in [2.24, 2.45) is 5.92 Å². The Balaban J connectivity index is 1.19. The molecule has 1 aromatic heterocycles. The summed E-state index contributed by atoms with van der Waals surface area (Å²) in [4.78, 5) is 8.92. The smallest absolute Gasteiger partial charge is 0.196 e. The predicted octanol–water partition coefficient (Wildman–Crippen LogP) is 3.65. The second-order valence-electron chi connectivity index (χ2n) is 9.76. The van der Waals surface area contributed by atoms with Crippen molar-refractivity contribution in [2.45, 2.75) is 43.7 Å². The van der Waals surface area contributed by atoms with Gasteiger partial charge in [-0.15, -0.1) is 11.6 Å². The van der Waals surface area contributed by atoms with Crippen molar-refractivity contribution in [3.8, 4) is 5.75 Å². The monoisotopic (exact) mass is 517 g/mol. The van der Waals surface area contributed by atoms with Gasteiger partial charge in [0.15, 0.2) is 5.79 Å². The number of halogens is 2. The molecule has 194 valence electrons. The van der Waals surface area contributed by atoms with E-state index in [4.69, 9.17) is 25.8 Å². The molecule has 0 spiro atoms. The Morgan fingerprint density at radius 3 is 2.64 bits per heavy atom. The fourth-order valence-electron chi connectivity index (χ4n) is 5.01. The number of benzene rings is 1. The van der Waals surface area contributed by atoms with Gasteiger partial charge in [-0.05, 0) is 50.3 Å². The van der Waals surface area contributed by atoms with Crippen LogP contribution in [0.1, 0.15) is 13.8 Å². The van der Waals surface area contributed by atoms with E-state index < -0.39 is 17.1 Å². The summed E-state index contributed by atoms with van der Waals surface area (Å²) in [6, 6.07) is 8.78. The van der Waals surface area contributed by atoms with Gasteiger partial charge in [0, 0.05) is 37.9 Å². The topological polar surface area (TPSA) is 64.9 Å². The minimum Gasteiger partial charge on any atom is -0.491 e. The molecule has 0 radical (unpaired) electrons. The van der Waals surface area contributed by atoms with Crippen LogP contribution in [0.5, 0.6) is 5.75 Å². The average molecular weight is 518 g/mol. The first-order valence-corrected chi connectivity index (χ1v) is 12.9. The standard InChI is InChI=1S/C26H33ClFN5O3/c1-19(2)31-9-11-32(12-10-31)21-4-6-22(7-5-21)34-14-23-15-35-26(36-23,16-33-18-29-17-30-33)24-8-3-20(28)13-25(24)27/h3-8,13,17-19,23-25H,9-12,14-16H2,1-2H3/t23-,24?,25?,26-/m0/s1. The molecule has 10 heteroatoms. The Bertz CT molecular complexity index is 1060. The first-order valence-electron chi connectivity index (χ1n) is 12.5. The molecular formula is C26H33ClFN5O3. The fourth-order valence-corrected chi connectivity index (χ4v) is 5.41. The summed E-state index contributed by atoms with van der Waals surface area (Å²) in [5.41, 5.74) is 1.20. The van der Waals surface area contributed by atoms with Crippen molar-refractivity contribution in [1.29, 1.82) is 0 Å². The summed E-state index contributed by atoms with van der Waals surface area (Å²) in [6.07, 6.45) is 7.20. The van der Waals surface area contributed by atoms with Crippen molar-refractivity contribution in [2.75, 3.05) is 44.3 Å². The van der Waals surface area contributed by atoms with Crippen LogP contribution < -0.4 is 9.64 Å². The Morgan fingerprint density at radius 1 is 1.19 bits per heavy atom. The number of ether oxygens (including phenoxy) is 3. The molecule has 4 atom stereocenters. The zero-order valence-corrected chi connectivity index (χ0v) is 21.4. The normalized spacial score (nSPS) is 29.1. The lowest BCUT2D eigenvalue weighted by atomic mass is 9.90. The lowest BCUT2D eigenvalue weighted by molar-refractivity contribution is -0.206. The summed E-state index contributed by atoms with van der Waals surface area (Å²) in [5, 5.41) is 3.57. The van der Waals surface area contributed by atoms with Gasteiger partial charge in [0.05, 0.1) is 24.4 Å². The van der Waals surface area contributed by atoms with Crippen LogP contribution in [0, 0.1) is 5.92 Å². The van der Waals surface area contributed by atoms with Crippen LogP contribution >= 0.6 is 11.6 Å². The number of nitrogens with zero attached hydrogens (tertiary/aromatic N) is 5. The predicted molar refractivity (Wildman–Crippen MR) is 136 cm³/mol. The lowest BCUT2D eigenvalue weighted by Crippen LogP contribution is -2.48. The van der Waals surface area contributed by atoms with Crippen LogP contribution in [-0.4, -0.2) is 82.4 Å². The highest BCUT2D eigenvalue weighted by atomic mass is 35.5. The molecule has 2 unspecified atom stereocenters. The number of alkyl halides is 1. The SMILES string of the molecule is CC(C)N1CCN(c2ccc(OC[C@H]3CO[C@](Cn4cncn4)(C4C=CC(F)=CC4Cl)O3)cc2)CC1. The van der Waals surface area contributed by atoms with E-state index in [9.17, 15) is 4.39 Å². The van der Waals surface area contributed by atoms with E-state index in [1.165, 1.54) is 24.2 Å². The molecule has 1 aliphatic carbocycles. The van der Waals surface area contributed by atoms with Crippen molar-refractivity contribution in [3.63, 3.8) is 0 Å². The summed E-state index contributed by atoms with van der Waals surface area (Å²) in [6.45, 7) is 9.61. The molecule has 0 N–H and O–H groups in total. The van der Waals surface area contributed by atoms with Gasteiger partial charge in [0.1, 0.15) is 36.9 Å². The van der Waals surface area contributed by atoms with E-state index in [0.29, 0.717) is 19.3 Å². The molecule has 3 aliphatic rings. The number of hydrogen-bond acceptors (Lipinski definition) is 7. The molecule has 2 fully saturated rings. The van der Waals surface area contributed by atoms with Gasteiger partial charge >= 0.3 is 0 Å². The van der Waals surface area contributed by atoms with E-state index in [1.54, 1.807) is 17.1 Å². The Morgan fingerprint density at radius 2 is 1.97 bits per heavy atom. The molecule has 2 aliphatic heterocycles. The summed E-state index contributed by atoms with van der Waals surface area (Å²) in [7, 11) is 0. The van der Waals surface area contributed by atoms with Gasteiger partial charge < -0.3 is 19.1 Å². The van der Waals surface area contributed by atoms with Crippen molar-refractivity contribution >= 4 is 17.3 Å². The molecule has 36 heavy (non-hydrogen) atoms. The highest BCUT2D eigenvalue weighted by Crippen LogP contribution is 2.40. The summed E-state index contributed by atoms with van der Waals surface area (Å²) >= 11 is 6.50. The van der Waals surface area contributed by atoms with Crippen molar-refractivity contribution in [1.82, 2.24) is 19.7 Å². The number of hydrogen-bond donors (Lipinski definition) is 0. The highest BCUT2D eigenvalue weighted by molar-refractivity contribution is 6.22. The van der Waals surface area contributed by atoms with Gasteiger partial charge in [-0.1, -0.05) is 6.08 Å². The number of allylic oxidation sites excluding steroid dienone is 3. The molecular weight excluding hydrogens is 485 g/mol. The van der Waals surface area contributed by atoms with Gasteiger partial charge in [-0.3, -0.25) is 4.90 Å². The molecule has 5 rings (SSSR count). The molecule has 0 amide bonds. The second-order valence-corrected chi connectivity index (χ2v) is 10.3. The van der Waals surface area contributed by atoms with E-state index in [2.05, 4.69) is 45.9 Å². The van der Waals surface area contributed by atoms with Gasteiger partial charge in [-0.25, -0.2) is 14.1 Å². The summed E-state index contributed by atoms with van der Waals surface area (Å²) < 4.78 is 34.0. The minimum atomic E-state index is -1.11. The quantitative estimate of drug-likeness (QED) is 0.495. The lowest BCUT2D eigenvalue weighted by Gasteiger charge is -2.38. The van der Waals surface area contributed by atoms with Crippen LogP contribution in [0.15, 0.2) is 61.0 Å². The Hall–Kier alpha value is -2.46. The van der Waals surface area contributed by atoms with Crippen molar-refractivity contribution < 1.29 is 18.6 Å². The molecule has 2 aromatic rings. The minimum absolute atomic E-state index is 0.274. The molecule has 2 saturated heterocycles. The third-order valence-electron chi connectivity index (χ3n) is 7.04. The van der Waals surface area contributed by atoms with Crippen LogP contribution in [0.4, 0.5) is 10.1 Å². The third kappa shape index (κ3) is 5.59. The van der Waals surface area contributed by atoms with E-state index in [0.717, 1.165) is 31.9 Å². The third-order valence-corrected chi connectivity index (χ3v) is 7.44. The van der Waals surface area contributed by atoms with Gasteiger partial charge in [-0.2, -0.15) is 5.10 Å². The van der Waals surface area contributed by atoms with Gasteiger partial charge in [0.25, 0.3) is 0 Å². The zero-order chi connectivity index (χ0) is 25.1. The maximum atomic E-state index is 13.7. The van der Waals surface area contributed by atoms with Crippen LogP contribution in [0.25, 0.3) is 0 Å². The van der Waals surface area contributed by atoms with Crippen LogP contribution in [0.3, 0.4) is 0 Å². The Labute approximate surface area is 216 Å². The Kier molecular flexibility index (Phi) is 7.62. The molecule has 8 nitrogen and oxygen atoms in total. The first-order chi connectivity index (χ1) is 17.4. The van der Waals surface area contributed by atoms with Gasteiger partial charge in [0.2, 0.25) is 0 Å². The number of aromatic nitrogens is 3. The molecule has 1 aromatic carbocycles. The van der Waals surface area contributed by atoms with E-state index >= 15 is 0 Å². The van der Waals surface area contributed by atoms with Crippen LogP contribution in [0.2, 0.25) is 0 Å². The number of anilines is 1. The van der Waals surface area contributed by atoms with Crippen molar-refractivity contribution in [3.05, 3.63) is 61.0 Å². The first kappa shape index (κ1) is 25.2. The highest BCUT2D eigenvalue weighted by Gasteiger charge is 2.50. The van der Waals surface area contributed by atoms with E-state index in [1.807, 2.05) is 12.1 Å². The zero-order valence-electron chi connectivity index (χ0n) is 20.7. The number of piperazine rings is 1. The van der Waals surface area contributed by atoms with E-state index in [-0.39, 0.29) is 18.5 Å². The fraction of sp³-hybridized carbons (Fsp3) is 0.538. The second kappa shape index (κ2) is 10.9. The number of rotatable bonds is 8. The molecule has 0 saturated carbocycles. The maximum absolute atomic E-state index is 13.7. The average Bonchev–Trinajstić information content (AvgIpc) is 3.54. The molecule has 3 heterocycles. The largest absolute Gasteiger partial charge is 0.491 e. The van der Waals surface area contributed by atoms with Crippen LogP contribution in [-0.2, 0) is 16.0 Å².